The van der Waals surface area contributed by atoms with Gasteiger partial charge in [-0.1, -0.05) is 0 Å². The van der Waals surface area contributed by atoms with Crippen molar-refractivity contribution >= 4 is 10.9 Å². The summed E-state index contributed by atoms with van der Waals surface area (Å²) in [6.45, 7) is 5.81. The summed E-state index contributed by atoms with van der Waals surface area (Å²) in [5.41, 5.74) is 3.25. The standard InChI is InChI=1S/C17H20FN5/c1-10-13-8-12(18)5-6-14(13)20-15(10)9-23-7-3-4-16(23)17-19-11(2)21-22-17/h5-6,8,16,20H,3-4,7,9H2,1-2H3,(H,19,21,22). The zero-order valence-electron chi connectivity index (χ0n) is 13.4. The second-order valence-electron chi connectivity index (χ2n) is 6.33. The molecule has 3 aromatic rings. The van der Waals surface area contributed by atoms with Crippen molar-refractivity contribution < 1.29 is 4.39 Å². The maximum absolute atomic E-state index is 13.5. The number of hydrogen-bond acceptors (Lipinski definition) is 3. The third-order valence-electron chi connectivity index (χ3n) is 4.76. The highest BCUT2D eigenvalue weighted by Crippen LogP contribution is 2.32. The van der Waals surface area contributed by atoms with Crippen molar-refractivity contribution in [2.45, 2.75) is 39.3 Å². The van der Waals surface area contributed by atoms with E-state index in [4.69, 9.17) is 0 Å². The van der Waals surface area contributed by atoms with Crippen molar-refractivity contribution in [3.63, 3.8) is 0 Å². The first kappa shape index (κ1) is 14.4. The van der Waals surface area contributed by atoms with Crippen LogP contribution in [-0.2, 0) is 6.54 Å². The Morgan fingerprint density at radius 1 is 1.35 bits per heavy atom. The summed E-state index contributed by atoms with van der Waals surface area (Å²) in [6.07, 6.45) is 2.22. The van der Waals surface area contributed by atoms with E-state index in [0.717, 1.165) is 59.7 Å². The van der Waals surface area contributed by atoms with Crippen molar-refractivity contribution in [1.29, 1.82) is 0 Å². The summed E-state index contributed by atoms with van der Waals surface area (Å²) >= 11 is 0. The van der Waals surface area contributed by atoms with Crippen molar-refractivity contribution in [2.75, 3.05) is 6.54 Å². The van der Waals surface area contributed by atoms with Gasteiger partial charge in [0.25, 0.3) is 0 Å². The minimum atomic E-state index is -0.193. The van der Waals surface area contributed by atoms with E-state index in [1.54, 1.807) is 12.1 Å². The van der Waals surface area contributed by atoms with Crippen LogP contribution in [0.5, 0.6) is 0 Å². The molecular weight excluding hydrogens is 293 g/mol. The van der Waals surface area contributed by atoms with Crippen LogP contribution in [0.4, 0.5) is 4.39 Å². The van der Waals surface area contributed by atoms with Gasteiger partial charge in [0, 0.05) is 23.1 Å². The monoisotopic (exact) mass is 313 g/mol. The molecule has 4 rings (SSSR count). The van der Waals surface area contributed by atoms with E-state index in [1.807, 2.05) is 6.92 Å². The highest BCUT2D eigenvalue weighted by molar-refractivity contribution is 5.84. The third kappa shape index (κ3) is 2.53. The Labute approximate surface area is 133 Å². The quantitative estimate of drug-likeness (QED) is 0.779. The zero-order valence-corrected chi connectivity index (χ0v) is 13.4. The Bertz CT molecular complexity index is 850. The van der Waals surface area contributed by atoms with E-state index in [-0.39, 0.29) is 11.9 Å². The molecule has 0 radical (unpaired) electrons. The van der Waals surface area contributed by atoms with Gasteiger partial charge in [-0.15, -0.1) is 0 Å². The highest BCUT2D eigenvalue weighted by atomic mass is 19.1. The Hall–Kier alpha value is -2.21. The molecular formula is C17H20FN5. The van der Waals surface area contributed by atoms with E-state index >= 15 is 0 Å². The summed E-state index contributed by atoms with van der Waals surface area (Å²) in [7, 11) is 0. The first-order valence-electron chi connectivity index (χ1n) is 8.01. The number of aromatic nitrogens is 4. The minimum absolute atomic E-state index is 0.193. The molecule has 2 aromatic heterocycles. The first-order valence-corrected chi connectivity index (χ1v) is 8.01. The van der Waals surface area contributed by atoms with Gasteiger partial charge in [-0.25, -0.2) is 9.37 Å². The number of halogens is 1. The van der Waals surface area contributed by atoms with Crippen molar-refractivity contribution in [2.24, 2.45) is 0 Å². The fourth-order valence-electron chi connectivity index (χ4n) is 3.53. The normalized spacial score (nSPS) is 19.0. The van der Waals surface area contributed by atoms with Crippen LogP contribution in [0.15, 0.2) is 18.2 Å². The van der Waals surface area contributed by atoms with Gasteiger partial charge in [0.2, 0.25) is 0 Å². The second-order valence-corrected chi connectivity index (χ2v) is 6.33. The lowest BCUT2D eigenvalue weighted by atomic mass is 10.1. The molecule has 0 saturated carbocycles. The zero-order chi connectivity index (χ0) is 16.0. The SMILES string of the molecule is Cc1nc(C2CCCN2Cc2[nH]c3ccc(F)cc3c2C)n[nH]1. The van der Waals surface area contributed by atoms with Crippen LogP contribution in [-0.4, -0.2) is 31.6 Å². The summed E-state index contributed by atoms with van der Waals surface area (Å²) in [6, 6.07) is 5.16. The third-order valence-corrected chi connectivity index (χ3v) is 4.76. The van der Waals surface area contributed by atoms with Gasteiger partial charge in [-0.2, -0.15) is 5.10 Å². The molecule has 1 aliphatic heterocycles. The molecule has 0 bridgehead atoms. The van der Waals surface area contributed by atoms with Crippen LogP contribution < -0.4 is 0 Å². The Morgan fingerprint density at radius 2 is 2.22 bits per heavy atom. The van der Waals surface area contributed by atoms with Crippen LogP contribution in [0.25, 0.3) is 10.9 Å². The lowest BCUT2D eigenvalue weighted by Crippen LogP contribution is -2.24. The fraction of sp³-hybridized carbons (Fsp3) is 0.412. The molecule has 1 fully saturated rings. The summed E-state index contributed by atoms with van der Waals surface area (Å²) in [4.78, 5) is 10.3. The van der Waals surface area contributed by atoms with Crippen molar-refractivity contribution in [3.05, 3.63) is 46.9 Å². The van der Waals surface area contributed by atoms with E-state index in [9.17, 15) is 4.39 Å². The van der Waals surface area contributed by atoms with Gasteiger partial charge >= 0.3 is 0 Å². The van der Waals surface area contributed by atoms with Gasteiger partial charge in [-0.05, 0) is 57.0 Å². The molecule has 0 spiro atoms. The Balaban J connectivity index is 1.63. The molecule has 1 unspecified atom stereocenters. The molecule has 0 aliphatic carbocycles. The molecule has 0 amide bonds. The molecule has 1 aliphatic rings. The van der Waals surface area contributed by atoms with Gasteiger partial charge < -0.3 is 4.98 Å². The second kappa shape index (κ2) is 5.45. The maximum atomic E-state index is 13.5. The van der Waals surface area contributed by atoms with Crippen molar-refractivity contribution in [1.82, 2.24) is 25.1 Å². The van der Waals surface area contributed by atoms with Crippen LogP contribution in [0, 0.1) is 19.7 Å². The van der Waals surface area contributed by atoms with Gasteiger partial charge in [0.15, 0.2) is 5.82 Å². The fourth-order valence-corrected chi connectivity index (χ4v) is 3.53. The molecule has 6 heteroatoms. The number of likely N-dealkylation sites (tertiary alicyclic amines) is 1. The predicted molar refractivity (Wildman–Crippen MR) is 86.5 cm³/mol. The average molecular weight is 313 g/mol. The molecule has 1 aromatic carbocycles. The van der Waals surface area contributed by atoms with Gasteiger partial charge in [0.1, 0.15) is 11.6 Å². The van der Waals surface area contributed by atoms with Crippen LogP contribution in [0.3, 0.4) is 0 Å². The lowest BCUT2D eigenvalue weighted by molar-refractivity contribution is 0.237. The highest BCUT2D eigenvalue weighted by Gasteiger charge is 2.29. The predicted octanol–water partition coefficient (Wildman–Crippen LogP) is 3.38. The number of H-pyrrole nitrogens is 2. The number of fused-ring (bicyclic) bond motifs is 1. The van der Waals surface area contributed by atoms with Gasteiger partial charge in [-0.3, -0.25) is 10.00 Å². The number of rotatable bonds is 3. The number of nitrogens with one attached hydrogen (secondary N) is 2. The first-order chi connectivity index (χ1) is 11.1. The van der Waals surface area contributed by atoms with E-state index < -0.39 is 0 Å². The molecule has 2 N–H and O–H groups in total. The minimum Gasteiger partial charge on any atom is -0.357 e. The maximum Gasteiger partial charge on any atom is 0.167 e. The van der Waals surface area contributed by atoms with Crippen LogP contribution in [0.1, 0.15) is 41.8 Å². The largest absolute Gasteiger partial charge is 0.357 e. The molecule has 120 valence electrons. The van der Waals surface area contributed by atoms with E-state index in [1.165, 1.54) is 6.07 Å². The average Bonchev–Trinajstić information content (AvgIpc) is 3.22. The Kier molecular flexibility index (Phi) is 3.41. The molecule has 3 heterocycles. The van der Waals surface area contributed by atoms with E-state index in [0.29, 0.717) is 0 Å². The van der Waals surface area contributed by atoms with Crippen molar-refractivity contribution in [3.8, 4) is 0 Å². The number of nitrogens with zero attached hydrogens (tertiary/aromatic N) is 3. The number of hydrogen-bond donors (Lipinski definition) is 2. The summed E-state index contributed by atoms with van der Waals surface area (Å²) < 4.78 is 13.5. The van der Waals surface area contributed by atoms with Crippen LogP contribution >= 0.6 is 0 Å². The molecule has 23 heavy (non-hydrogen) atoms. The number of aryl methyl sites for hydroxylation is 2. The van der Waals surface area contributed by atoms with E-state index in [2.05, 4.69) is 32.0 Å². The van der Waals surface area contributed by atoms with Crippen LogP contribution in [0.2, 0.25) is 0 Å². The summed E-state index contributed by atoms with van der Waals surface area (Å²) in [5.74, 6) is 1.53. The molecule has 1 saturated heterocycles. The van der Waals surface area contributed by atoms with Gasteiger partial charge in [0.05, 0.1) is 6.04 Å². The molecule has 5 nitrogen and oxygen atoms in total. The number of aromatic amines is 2. The number of benzene rings is 1. The Morgan fingerprint density at radius 3 is 3.00 bits per heavy atom. The summed E-state index contributed by atoms with van der Waals surface area (Å²) in [5, 5.41) is 8.22. The molecule has 1 atom stereocenters. The smallest absolute Gasteiger partial charge is 0.167 e. The lowest BCUT2D eigenvalue weighted by Gasteiger charge is -2.21. The topological polar surface area (TPSA) is 60.6 Å².